The Morgan fingerprint density at radius 2 is 2.40 bits per heavy atom. The molecule has 0 saturated carbocycles. The molecule has 0 amide bonds. The maximum absolute atomic E-state index is 11.2. The van der Waals surface area contributed by atoms with Gasteiger partial charge in [-0.15, -0.1) is 0 Å². The number of ether oxygens (including phenoxy) is 1. The molecule has 0 saturated heterocycles. The van der Waals surface area contributed by atoms with Crippen molar-refractivity contribution in [2.75, 3.05) is 32.1 Å². The van der Waals surface area contributed by atoms with Crippen LogP contribution in [0.3, 0.4) is 0 Å². The van der Waals surface area contributed by atoms with Gasteiger partial charge in [-0.1, -0.05) is 0 Å². The van der Waals surface area contributed by atoms with Crippen molar-refractivity contribution in [3.8, 4) is 0 Å². The van der Waals surface area contributed by atoms with Crippen molar-refractivity contribution in [3.63, 3.8) is 0 Å². The minimum absolute atomic E-state index is 0.0545. The summed E-state index contributed by atoms with van der Waals surface area (Å²) in [6, 6.07) is 1.71. The van der Waals surface area contributed by atoms with Crippen molar-refractivity contribution < 1.29 is 9.53 Å². The van der Waals surface area contributed by atoms with E-state index >= 15 is 0 Å². The van der Waals surface area contributed by atoms with Crippen LogP contribution in [0.1, 0.15) is 10.6 Å². The SMILES string of the molecule is COC(=O)c1nccc(N(C)CCN)n1. The highest BCUT2D eigenvalue weighted by molar-refractivity contribution is 5.85. The molecule has 0 fully saturated rings. The molecule has 82 valence electrons. The molecule has 0 aliphatic rings. The minimum atomic E-state index is -0.544. The van der Waals surface area contributed by atoms with E-state index in [-0.39, 0.29) is 5.82 Å². The number of likely N-dealkylation sites (N-methyl/N-ethyl adjacent to an activating group) is 1. The van der Waals surface area contributed by atoms with Gasteiger partial charge < -0.3 is 15.4 Å². The molecule has 6 nitrogen and oxygen atoms in total. The molecule has 0 aromatic carbocycles. The van der Waals surface area contributed by atoms with Crippen molar-refractivity contribution in [1.29, 1.82) is 0 Å². The van der Waals surface area contributed by atoms with Crippen LogP contribution in [-0.2, 0) is 4.74 Å². The number of anilines is 1. The van der Waals surface area contributed by atoms with Crippen LogP contribution in [0.4, 0.5) is 5.82 Å². The lowest BCUT2D eigenvalue weighted by Crippen LogP contribution is -2.26. The monoisotopic (exact) mass is 210 g/mol. The quantitative estimate of drug-likeness (QED) is 0.684. The Morgan fingerprint density at radius 3 is 3.00 bits per heavy atom. The van der Waals surface area contributed by atoms with Gasteiger partial charge in [-0.25, -0.2) is 14.8 Å². The van der Waals surface area contributed by atoms with Gasteiger partial charge in [-0.3, -0.25) is 0 Å². The Hall–Kier alpha value is -1.69. The van der Waals surface area contributed by atoms with Crippen molar-refractivity contribution in [2.45, 2.75) is 0 Å². The third-order valence-electron chi connectivity index (χ3n) is 1.86. The predicted octanol–water partition coefficient (Wildman–Crippen LogP) is -0.342. The molecule has 0 spiro atoms. The molecule has 1 aromatic heterocycles. The topological polar surface area (TPSA) is 81.3 Å². The first-order valence-corrected chi connectivity index (χ1v) is 4.51. The summed E-state index contributed by atoms with van der Waals surface area (Å²) in [5.41, 5.74) is 5.41. The predicted molar refractivity (Wildman–Crippen MR) is 55.7 cm³/mol. The van der Waals surface area contributed by atoms with E-state index in [1.54, 1.807) is 6.07 Å². The number of rotatable bonds is 4. The van der Waals surface area contributed by atoms with Crippen LogP contribution in [0.2, 0.25) is 0 Å². The van der Waals surface area contributed by atoms with E-state index in [0.29, 0.717) is 18.9 Å². The summed E-state index contributed by atoms with van der Waals surface area (Å²) < 4.78 is 4.52. The summed E-state index contributed by atoms with van der Waals surface area (Å²) in [4.78, 5) is 20.9. The Bertz CT molecular complexity index is 343. The van der Waals surface area contributed by atoms with Crippen LogP contribution in [0.25, 0.3) is 0 Å². The van der Waals surface area contributed by atoms with Gasteiger partial charge in [0.15, 0.2) is 0 Å². The van der Waals surface area contributed by atoms with E-state index in [4.69, 9.17) is 5.73 Å². The molecule has 1 heterocycles. The second kappa shape index (κ2) is 5.26. The fourth-order valence-corrected chi connectivity index (χ4v) is 1.06. The van der Waals surface area contributed by atoms with Crippen LogP contribution >= 0.6 is 0 Å². The molecule has 0 aliphatic heterocycles. The fourth-order valence-electron chi connectivity index (χ4n) is 1.06. The van der Waals surface area contributed by atoms with Crippen molar-refractivity contribution >= 4 is 11.8 Å². The van der Waals surface area contributed by atoms with E-state index in [2.05, 4.69) is 14.7 Å². The molecule has 1 rings (SSSR count). The lowest BCUT2D eigenvalue weighted by molar-refractivity contribution is 0.0587. The Morgan fingerprint density at radius 1 is 1.67 bits per heavy atom. The van der Waals surface area contributed by atoms with Gasteiger partial charge in [0.25, 0.3) is 0 Å². The van der Waals surface area contributed by atoms with Gasteiger partial charge in [-0.2, -0.15) is 0 Å². The first-order chi connectivity index (χ1) is 7.19. The van der Waals surface area contributed by atoms with Crippen molar-refractivity contribution in [3.05, 3.63) is 18.1 Å². The molecule has 6 heteroatoms. The number of carbonyl (C=O) groups is 1. The zero-order valence-corrected chi connectivity index (χ0v) is 8.80. The normalized spacial score (nSPS) is 9.80. The molecule has 2 N–H and O–H groups in total. The highest BCUT2D eigenvalue weighted by Gasteiger charge is 2.10. The Kier molecular flexibility index (Phi) is 3.99. The summed E-state index contributed by atoms with van der Waals surface area (Å²) in [7, 11) is 3.14. The van der Waals surface area contributed by atoms with Gasteiger partial charge in [0, 0.05) is 26.3 Å². The zero-order chi connectivity index (χ0) is 11.3. The summed E-state index contributed by atoms with van der Waals surface area (Å²) in [6.07, 6.45) is 1.52. The lowest BCUT2D eigenvalue weighted by atomic mass is 10.4. The van der Waals surface area contributed by atoms with E-state index in [1.807, 2.05) is 11.9 Å². The number of esters is 1. The highest BCUT2D eigenvalue weighted by atomic mass is 16.5. The number of methoxy groups -OCH3 is 1. The molecule has 0 aliphatic carbocycles. The third kappa shape index (κ3) is 2.88. The molecule has 15 heavy (non-hydrogen) atoms. The summed E-state index contributed by atoms with van der Waals surface area (Å²) in [6.45, 7) is 1.19. The maximum atomic E-state index is 11.2. The molecule has 0 unspecified atom stereocenters. The van der Waals surface area contributed by atoms with Gasteiger partial charge >= 0.3 is 5.97 Å². The minimum Gasteiger partial charge on any atom is -0.463 e. The number of aromatic nitrogens is 2. The lowest BCUT2D eigenvalue weighted by Gasteiger charge is -2.16. The van der Waals surface area contributed by atoms with E-state index in [9.17, 15) is 4.79 Å². The van der Waals surface area contributed by atoms with Crippen LogP contribution in [0.5, 0.6) is 0 Å². The van der Waals surface area contributed by atoms with Crippen LogP contribution in [-0.4, -0.2) is 43.2 Å². The Balaban J connectivity index is 2.87. The van der Waals surface area contributed by atoms with Gasteiger partial charge in [0.1, 0.15) is 5.82 Å². The van der Waals surface area contributed by atoms with Crippen LogP contribution < -0.4 is 10.6 Å². The van der Waals surface area contributed by atoms with Gasteiger partial charge in [-0.05, 0) is 6.07 Å². The summed E-state index contributed by atoms with van der Waals surface area (Å²) >= 11 is 0. The second-order valence-corrected chi connectivity index (χ2v) is 2.94. The zero-order valence-electron chi connectivity index (χ0n) is 8.80. The number of nitrogens with zero attached hydrogens (tertiary/aromatic N) is 3. The average molecular weight is 210 g/mol. The van der Waals surface area contributed by atoms with E-state index in [0.717, 1.165) is 0 Å². The van der Waals surface area contributed by atoms with Crippen molar-refractivity contribution in [2.24, 2.45) is 5.73 Å². The maximum Gasteiger partial charge on any atom is 0.376 e. The molecule has 0 radical (unpaired) electrons. The van der Waals surface area contributed by atoms with Crippen molar-refractivity contribution in [1.82, 2.24) is 9.97 Å². The first-order valence-electron chi connectivity index (χ1n) is 4.51. The number of hydrogen-bond acceptors (Lipinski definition) is 6. The average Bonchev–Trinajstić information content (AvgIpc) is 2.28. The standard InChI is InChI=1S/C9H14N4O2/c1-13(6-4-10)7-3-5-11-8(12-7)9(14)15-2/h3,5H,4,6,10H2,1-2H3. The summed E-state index contributed by atoms with van der Waals surface area (Å²) in [5.74, 6) is 0.160. The van der Waals surface area contributed by atoms with Gasteiger partial charge in [0.2, 0.25) is 5.82 Å². The molecular formula is C9H14N4O2. The highest BCUT2D eigenvalue weighted by Crippen LogP contribution is 2.07. The summed E-state index contributed by atoms with van der Waals surface area (Å²) in [5, 5.41) is 0. The molecule has 0 atom stereocenters. The number of hydrogen-bond donors (Lipinski definition) is 1. The fraction of sp³-hybridized carbons (Fsp3) is 0.444. The second-order valence-electron chi connectivity index (χ2n) is 2.94. The van der Waals surface area contributed by atoms with Crippen LogP contribution in [0.15, 0.2) is 12.3 Å². The first kappa shape index (κ1) is 11.4. The number of nitrogens with two attached hydrogens (primary N) is 1. The smallest absolute Gasteiger partial charge is 0.376 e. The van der Waals surface area contributed by atoms with E-state index < -0.39 is 5.97 Å². The molecule has 1 aromatic rings. The van der Waals surface area contributed by atoms with Crippen LogP contribution in [0, 0.1) is 0 Å². The van der Waals surface area contributed by atoms with E-state index in [1.165, 1.54) is 13.3 Å². The number of carbonyl (C=O) groups excluding carboxylic acids is 1. The molecule has 0 bridgehead atoms. The van der Waals surface area contributed by atoms with Gasteiger partial charge in [0.05, 0.1) is 7.11 Å². The molecular weight excluding hydrogens is 196 g/mol. The third-order valence-corrected chi connectivity index (χ3v) is 1.86. The Labute approximate surface area is 88.1 Å². The largest absolute Gasteiger partial charge is 0.463 e.